The molecule has 6 heteroatoms. The van der Waals surface area contributed by atoms with Crippen molar-refractivity contribution in [2.75, 3.05) is 19.8 Å². The van der Waals surface area contributed by atoms with Crippen LogP contribution < -0.4 is 0 Å². The second kappa shape index (κ2) is 15.6. The van der Waals surface area contributed by atoms with Crippen molar-refractivity contribution in [1.82, 2.24) is 0 Å². The van der Waals surface area contributed by atoms with Gasteiger partial charge in [0, 0.05) is 26.1 Å². The molecular weight excluding hydrogens is 360 g/mol. The van der Waals surface area contributed by atoms with Crippen molar-refractivity contribution in [3.8, 4) is 0 Å². The van der Waals surface area contributed by atoms with Crippen molar-refractivity contribution in [2.24, 2.45) is 0 Å². The Morgan fingerprint density at radius 1 is 0.750 bits per heavy atom. The minimum Gasteiger partial charge on any atom is -0.353 e. The summed E-state index contributed by atoms with van der Waals surface area (Å²) in [5, 5.41) is 9.47. The van der Waals surface area contributed by atoms with Gasteiger partial charge < -0.3 is 9.47 Å². The van der Waals surface area contributed by atoms with Crippen molar-refractivity contribution >= 4 is 0 Å². The molecule has 2 fully saturated rings. The molecule has 0 amide bonds. The van der Waals surface area contributed by atoms with Crippen LogP contribution in [0.2, 0.25) is 0 Å². The Morgan fingerprint density at radius 3 is 2.00 bits per heavy atom. The highest BCUT2D eigenvalue weighted by Gasteiger charge is 2.34. The third-order valence-corrected chi connectivity index (χ3v) is 5.81. The highest BCUT2D eigenvalue weighted by molar-refractivity contribution is 4.69. The summed E-state index contributed by atoms with van der Waals surface area (Å²) in [6.07, 6.45) is 18.4. The van der Waals surface area contributed by atoms with Crippen LogP contribution in [0.4, 0.5) is 0 Å². The average Bonchev–Trinajstić information content (AvgIpc) is 2.79. The van der Waals surface area contributed by atoms with Gasteiger partial charge in [-0.25, -0.2) is 15.0 Å². The van der Waals surface area contributed by atoms with Crippen LogP contribution in [0, 0.1) is 0 Å². The maximum absolute atomic E-state index is 9.47. The molecule has 28 heavy (non-hydrogen) atoms. The van der Waals surface area contributed by atoms with E-state index in [9.17, 15) is 5.26 Å². The first-order valence-electron chi connectivity index (χ1n) is 11.7. The molecule has 0 aromatic heterocycles. The summed E-state index contributed by atoms with van der Waals surface area (Å²) in [7, 11) is 0. The lowest BCUT2D eigenvalue weighted by Crippen LogP contribution is -2.35. The highest BCUT2D eigenvalue weighted by Crippen LogP contribution is 2.29. The zero-order chi connectivity index (χ0) is 19.8. The Kier molecular flexibility index (Phi) is 13.4. The van der Waals surface area contributed by atoms with Gasteiger partial charge >= 0.3 is 0 Å². The van der Waals surface area contributed by atoms with E-state index in [1.807, 2.05) is 0 Å². The van der Waals surface area contributed by atoms with Crippen LogP contribution in [0.15, 0.2) is 0 Å². The maximum Gasteiger partial charge on any atom is 0.233 e. The average molecular weight is 403 g/mol. The summed E-state index contributed by atoms with van der Waals surface area (Å²) in [4.78, 5) is 15.8. The minimum absolute atomic E-state index is 0.0155. The summed E-state index contributed by atoms with van der Waals surface area (Å²) in [5.41, 5.74) is 0. The van der Waals surface area contributed by atoms with E-state index in [1.165, 1.54) is 32.1 Å². The second-order valence-corrected chi connectivity index (χ2v) is 8.32. The third-order valence-electron chi connectivity index (χ3n) is 5.81. The lowest BCUT2D eigenvalue weighted by atomic mass is 10.0. The zero-order valence-electron chi connectivity index (χ0n) is 17.7. The molecule has 1 unspecified atom stereocenters. The normalized spacial score (nSPS) is 24.5. The van der Waals surface area contributed by atoms with E-state index in [4.69, 9.17) is 24.1 Å². The molecule has 1 heterocycles. The molecule has 0 radical (unpaired) electrons. The van der Waals surface area contributed by atoms with Gasteiger partial charge in [-0.15, -0.1) is 0 Å². The zero-order valence-corrected chi connectivity index (χ0v) is 17.7. The second-order valence-electron chi connectivity index (χ2n) is 8.32. The molecule has 1 saturated heterocycles. The number of rotatable bonds is 11. The van der Waals surface area contributed by atoms with Gasteiger partial charge in [-0.05, 0) is 44.9 Å². The van der Waals surface area contributed by atoms with Gasteiger partial charge in [0.15, 0.2) is 6.29 Å². The van der Waals surface area contributed by atoms with E-state index in [0.29, 0.717) is 19.4 Å². The topological polar surface area (TPSA) is 66.4 Å². The fraction of sp³-hybridized carbons (Fsp3) is 1.00. The van der Waals surface area contributed by atoms with Crippen LogP contribution in [0.3, 0.4) is 0 Å². The number of hydrogen-bond donors (Lipinski definition) is 1. The van der Waals surface area contributed by atoms with Crippen molar-refractivity contribution in [2.45, 2.75) is 121 Å². The monoisotopic (exact) mass is 402 g/mol. The summed E-state index contributed by atoms with van der Waals surface area (Å²) in [6.45, 7) is 2.13. The van der Waals surface area contributed by atoms with Crippen LogP contribution in [0.1, 0.15) is 109 Å². The molecule has 166 valence electrons. The summed E-state index contributed by atoms with van der Waals surface area (Å²) in [5.74, 6) is -0.988. The molecule has 1 saturated carbocycles. The van der Waals surface area contributed by atoms with Gasteiger partial charge in [0.1, 0.15) is 0 Å². The third kappa shape index (κ3) is 10.5. The van der Waals surface area contributed by atoms with Gasteiger partial charge in [0.25, 0.3) is 0 Å². The van der Waals surface area contributed by atoms with E-state index in [-0.39, 0.29) is 6.29 Å². The van der Waals surface area contributed by atoms with E-state index >= 15 is 0 Å². The fourth-order valence-corrected chi connectivity index (χ4v) is 3.99. The number of ether oxygens (including phenoxy) is 2. The van der Waals surface area contributed by atoms with E-state index in [2.05, 4.69) is 0 Å². The van der Waals surface area contributed by atoms with Crippen LogP contribution >= 0.6 is 0 Å². The first kappa shape index (κ1) is 24.0. The van der Waals surface area contributed by atoms with Gasteiger partial charge in [0.05, 0.1) is 6.61 Å². The molecular formula is C22H42O6. The summed E-state index contributed by atoms with van der Waals surface area (Å²) in [6, 6.07) is 0. The Labute approximate surface area is 171 Å². The van der Waals surface area contributed by atoms with Crippen LogP contribution in [-0.4, -0.2) is 37.2 Å². The standard InChI is InChI=1S/C22H42O6/c23-27-22(16-10-5-3-1-2-4-6-11-17-22)28-26-20-13-8-7-12-18-24-21-15-9-14-19-25-21/h21,23H,1-20H2. The van der Waals surface area contributed by atoms with Crippen LogP contribution in [0.5, 0.6) is 0 Å². The van der Waals surface area contributed by atoms with Gasteiger partial charge in [0.2, 0.25) is 5.79 Å². The van der Waals surface area contributed by atoms with Crippen LogP contribution in [-0.2, 0) is 24.1 Å². The molecule has 1 aliphatic carbocycles. The van der Waals surface area contributed by atoms with E-state index in [0.717, 1.165) is 77.4 Å². The molecule has 0 spiro atoms. The first-order valence-corrected chi connectivity index (χ1v) is 11.7. The largest absolute Gasteiger partial charge is 0.353 e. The Hall–Kier alpha value is -0.240. The molecule has 0 aromatic carbocycles. The van der Waals surface area contributed by atoms with Gasteiger partial charge in [-0.2, -0.15) is 4.89 Å². The van der Waals surface area contributed by atoms with Crippen molar-refractivity contribution in [3.05, 3.63) is 0 Å². The Bertz CT molecular complexity index is 347. The minimum atomic E-state index is -0.988. The SMILES string of the molecule is OOC1(OOCCCCCCOC2CCCCO2)CCCCCCCCCC1. The van der Waals surface area contributed by atoms with Gasteiger partial charge in [-0.3, -0.25) is 0 Å². The molecule has 0 aromatic rings. The van der Waals surface area contributed by atoms with Crippen molar-refractivity contribution in [3.63, 3.8) is 0 Å². The highest BCUT2D eigenvalue weighted by atomic mass is 17.3. The smallest absolute Gasteiger partial charge is 0.233 e. The number of unbranched alkanes of at least 4 members (excludes halogenated alkanes) is 3. The number of hydrogen-bond acceptors (Lipinski definition) is 6. The molecule has 2 aliphatic rings. The Balaban J connectivity index is 1.50. The quantitative estimate of drug-likeness (QED) is 0.194. The van der Waals surface area contributed by atoms with Crippen molar-refractivity contribution < 1.29 is 29.4 Å². The first-order chi connectivity index (χ1) is 13.8. The predicted octanol–water partition coefficient (Wildman–Crippen LogP) is 6.14. The maximum atomic E-state index is 9.47. The predicted molar refractivity (Wildman–Crippen MR) is 108 cm³/mol. The Morgan fingerprint density at radius 2 is 1.39 bits per heavy atom. The lowest BCUT2D eigenvalue weighted by molar-refractivity contribution is -0.503. The molecule has 0 bridgehead atoms. The van der Waals surface area contributed by atoms with Crippen LogP contribution in [0.25, 0.3) is 0 Å². The lowest BCUT2D eigenvalue weighted by Gasteiger charge is -2.28. The fourth-order valence-electron chi connectivity index (χ4n) is 3.99. The van der Waals surface area contributed by atoms with E-state index < -0.39 is 5.79 Å². The molecule has 1 N–H and O–H groups in total. The van der Waals surface area contributed by atoms with Crippen molar-refractivity contribution in [1.29, 1.82) is 0 Å². The summed E-state index contributed by atoms with van der Waals surface area (Å²) < 4.78 is 11.3. The molecule has 1 atom stereocenters. The molecule has 1 aliphatic heterocycles. The van der Waals surface area contributed by atoms with E-state index in [1.54, 1.807) is 0 Å². The molecule has 6 nitrogen and oxygen atoms in total. The molecule has 2 rings (SSSR count). The summed E-state index contributed by atoms with van der Waals surface area (Å²) >= 11 is 0. The van der Waals surface area contributed by atoms with Gasteiger partial charge in [-0.1, -0.05) is 51.4 Å².